The first kappa shape index (κ1) is 14.9. The Kier molecular flexibility index (Phi) is 4.68. The van der Waals surface area contributed by atoms with Gasteiger partial charge in [0.2, 0.25) is 0 Å². The van der Waals surface area contributed by atoms with Crippen molar-refractivity contribution in [3.05, 3.63) is 11.4 Å². The molecule has 1 aliphatic carbocycles. The molecule has 0 unspecified atom stereocenters. The average Bonchev–Trinajstić information content (AvgIpc) is 2.66. The van der Waals surface area contributed by atoms with Crippen molar-refractivity contribution < 1.29 is 4.79 Å². The summed E-state index contributed by atoms with van der Waals surface area (Å²) >= 11 is 0. The number of hydrogen-bond donors (Lipinski definition) is 2. The van der Waals surface area contributed by atoms with Crippen LogP contribution in [-0.2, 0) is 7.05 Å². The number of nitrogen functional groups attached to an aromatic ring is 1. The number of nitrogens with one attached hydrogen (secondary N) is 1. The molecule has 1 saturated carbocycles. The van der Waals surface area contributed by atoms with Gasteiger partial charge in [-0.05, 0) is 38.5 Å². The third-order valence-electron chi connectivity index (χ3n) is 4.36. The lowest BCUT2D eigenvalue weighted by atomic mass is 9.83. The highest BCUT2D eigenvalue weighted by atomic mass is 16.2. The zero-order valence-electron chi connectivity index (χ0n) is 12.8. The highest BCUT2D eigenvalue weighted by Gasteiger charge is 2.24. The molecule has 1 aliphatic rings. The molecule has 1 fully saturated rings. The molecule has 1 heterocycles. The minimum Gasteiger partial charge on any atom is -0.395 e. The van der Waals surface area contributed by atoms with E-state index < -0.39 is 0 Å². The third kappa shape index (κ3) is 3.14. The summed E-state index contributed by atoms with van der Waals surface area (Å²) < 4.78 is 1.57. The number of nitrogens with zero attached hydrogens (tertiary/aromatic N) is 2. The van der Waals surface area contributed by atoms with Gasteiger partial charge in [-0.1, -0.05) is 19.8 Å². The summed E-state index contributed by atoms with van der Waals surface area (Å²) in [6.07, 6.45) is 7.17. The Bertz CT molecular complexity index is 472. The van der Waals surface area contributed by atoms with Gasteiger partial charge in [0.15, 0.2) is 0 Å². The van der Waals surface area contributed by atoms with Gasteiger partial charge in [0.25, 0.3) is 5.91 Å². The molecule has 1 aromatic rings. The summed E-state index contributed by atoms with van der Waals surface area (Å²) in [6, 6.07) is 0.283. The van der Waals surface area contributed by atoms with Gasteiger partial charge in [-0.15, -0.1) is 0 Å². The number of hydrogen-bond acceptors (Lipinski definition) is 3. The Hall–Kier alpha value is -1.52. The van der Waals surface area contributed by atoms with Crippen LogP contribution in [-0.4, -0.2) is 21.7 Å². The van der Waals surface area contributed by atoms with Gasteiger partial charge in [-0.2, -0.15) is 5.10 Å². The normalized spacial score (nSPS) is 22.8. The number of anilines is 1. The van der Waals surface area contributed by atoms with Crippen LogP contribution in [0.1, 0.15) is 61.6 Å². The topological polar surface area (TPSA) is 72.9 Å². The summed E-state index contributed by atoms with van der Waals surface area (Å²) in [7, 11) is 1.76. The Labute approximate surface area is 120 Å². The van der Waals surface area contributed by atoms with Crippen LogP contribution in [0.3, 0.4) is 0 Å². The van der Waals surface area contributed by atoms with Crippen LogP contribution in [0.25, 0.3) is 0 Å². The lowest BCUT2D eigenvalue weighted by Gasteiger charge is -2.28. The predicted molar refractivity (Wildman–Crippen MR) is 80.5 cm³/mol. The van der Waals surface area contributed by atoms with Crippen molar-refractivity contribution in [3.63, 3.8) is 0 Å². The second-order valence-corrected chi connectivity index (χ2v) is 5.95. The molecular formula is C15H26N4O. The van der Waals surface area contributed by atoms with Crippen molar-refractivity contribution in [2.45, 2.75) is 58.4 Å². The number of carbonyl (C=O) groups is 1. The molecule has 0 aromatic carbocycles. The van der Waals surface area contributed by atoms with E-state index in [4.69, 9.17) is 5.73 Å². The number of nitrogens with two attached hydrogens (primary N) is 1. The van der Waals surface area contributed by atoms with Crippen LogP contribution < -0.4 is 11.1 Å². The third-order valence-corrected chi connectivity index (χ3v) is 4.36. The van der Waals surface area contributed by atoms with E-state index in [9.17, 15) is 4.79 Å². The summed E-state index contributed by atoms with van der Waals surface area (Å²) in [5.41, 5.74) is 7.61. The zero-order valence-corrected chi connectivity index (χ0v) is 12.8. The van der Waals surface area contributed by atoms with Crippen LogP contribution >= 0.6 is 0 Å². The van der Waals surface area contributed by atoms with E-state index in [0.717, 1.165) is 18.8 Å². The van der Waals surface area contributed by atoms with Gasteiger partial charge in [-0.3, -0.25) is 9.48 Å². The molecule has 0 spiro atoms. The summed E-state index contributed by atoms with van der Waals surface area (Å²) in [5.74, 6) is 0.752. The van der Waals surface area contributed by atoms with Crippen molar-refractivity contribution >= 4 is 11.6 Å². The van der Waals surface area contributed by atoms with Crippen LogP contribution in [0.5, 0.6) is 0 Å². The summed E-state index contributed by atoms with van der Waals surface area (Å²) in [6.45, 7) is 4.06. The molecule has 0 atom stereocenters. The van der Waals surface area contributed by atoms with Crippen molar-refractivity contribution in [2.75, 3.05) is 5.73 Å². The van der Waals surface area contributed by atoms with E-state index in [0.29, 0.717) is 17.1 Å². The van der Waals surface area contributed by atoms with Gasteiger partial charge in [0, 0.05) is 13.1 Å². The maximum atomic E-state index is 12.3. The van der Waals surface area contributed by atoms with Crippen LogP contribution in [0, 0.1) is 12.8 Å². The van der Waals surface area contributed by atoms with E-state index in [-0.39, 0.29) is 11.9 Å². The van der Waals surface area contributed by atoms with Crippen molar-refractivity contribution in [1.29, 1.82) is 0 Å². The van der Waals surface area contributed by atoms with E-state index in [2.05, 4.69) is 17.3 Å². The molecule has 1 aromatic heterocycles. The molecule has 1 amide bonds. The molecule has 112 valence electrons. The molecule has 20 heavy (non-hydrogen) atoms. The van der Waals surface area contributed by atoms with Crippen molar-refractivity contribution in [1.82, 2.24) is 15.1 Å². The number of amides is 1. The van der Waals surface area contributed by atoms with Crippen LogP contribution in [0.2, 0.25) is 0 Å². The molecule has 0 aliphatic heterocycles. The second kappa shape index (κ2) is 6.29. The molecule has 0 saturated heterocycles. The van der Waals surface area contributed by atoms with Gasteiger partial charge in [0.05, 0.1) is 11.4 Å². The Morgan fingerprint density at radius 2 is 2.05 bits per heavy atom. The fraction of sp³-hybridized carbons (Fsp3) is 0.733. The smallest absolute Gasteiger partial charge is 0.271 e. The number of carbonyl (C=O) groups excluding carboxylic acids is 1. The molecule has 5 nitrogen and oxygen atoms in total. The van der Waals surface area contributed by atoms with Crippen molar-refractivity contribution in [3.8, 4) is 0 Å². The van der Waals surface area contributed by atoms with E-state index >= 15 is 0 Å². The summed E-state index contributed by atoms with van der Waals surface area (Å²) in [5, 5.41) is 7.31. The van der Waals surface area contributed by atoms with E-state index in [1.165, 1.54) is 25.7 Å². The Balaban J connectivity index is 1.93. The van der Waals surface area contributed by atoms with E-state index in [1.807, 2.05) is 6.92 Å². The first-order chi connectivity index (χ1) is 9.52. The van der Waals surface area contributed by atoms with Crippen molar-refractivity contribution in [2.24, 2.45) is 13.0 Å². The first-order valence-electron chi connectivity index (χ1n) is 7.62. The second-order valence-electron chi connectivity index (χ2n) is 5.95. The van der Waals surface area contributed by atoms with E-state index in [1.54, 1.807) is 11.7 Å². The minimum atomic E-state index is -0.0930. The molecule has 3 N–H and O–H groups in total. The average molecular weight is 278 g/mol. The predicted octanol–water partition coefficient (Wildman–Crippen LogP) is 2.40. The number of rotatable bonds is 4. The van der Waals surface area contributed by atoms with Gasteiger partial charge >= 0.3 is 0 Å². The lowest BCUT2D eigenvalue weighted by Crippen LogP contribution is -2.38. The van der Waals surface area contributed by atoms with Crippen LogP contribution in [0.15, 0.2) is 0 Å². The highest BCUT2D eigenvalue weighted by molar-refractivity contribution is 5.98. The minimum absolute atomic E-state index is 0.0930. The SMILES string of the molecule is CCCC1CCC(NC(=O)c2c(N)c(C)nn2C)CC1. The molecule has 5 heteroatoms. The van der Waals surface area contributed by atoms with Gasteiger partial charge < -0.3 is 11.1 Å². The monoisotopic (exact) mass is 278 g/mol. The first-order valence-corrected chi connectivity index (χ1v) is 7.62. The molecule has 2 rings (SSSR count). The maximum Gasteiger partial charge on any atom is 0.271 e. The Morgan fingerprint density at radius 3 is 2.55 bits per heavy atom. The maximum absolute atomic E-state index is 12.3. The lowest BCUT2D eigenvalue weighted by molar-refractivity contribution is 0.0912. The van der Waals surface area contributed by atoms with Crippen LogP contribution in [0.4, 0.5) is 5.69 Å². The summed E-state index contributed by atoms with van der Waals surface area (Å²) in [4.78, 5) is 12.3. The number of aryl methyl sites for hydroxylation is 2. The largest absolute Gasteiger partial charge is 0.395 e. The quantitative estimate of drug-likeness (QED) is 0.888. The van der Waals surface area contributed by atoms with Gasteiger partial charge in [-0.25, -0.2) is 0 Å². The Morgan fingerprint density at radius 1 is 1.40 bits per heavy atom. The fourth-order valence-electron chi connectivity index (χ4n) is 3.20. The zero-order chi connectivity index (χ0) is 14.7. The standard InChI is InChI=1S/C15H26N4O/c1-4-5-11-6-8-12(9-7-11)17-15(20)14-13(16)10(2)18-19(14)3/h11-12H,4-9,16H2,1-3H3,(H,17,20). The molecule has 0 bridgehead atoms. The highest BCUT2D eigenvalue weighted by Crippen LogP contribution is 2.28. The number of aromatic nitrogens is 2. The molecular weight excluding hydrogens is 252 g/mol. The van der Waals surface area contributed by atoms with Gasteiger partial charge in [0.1, 0.15) is 5.69 Å². The fourth-order valence-corrected chi connectivity index (χ4v) is 3.20. The molecule has 0 radical (unpaired) electrons.